The average molecular weight is 168 g/mol. The normalized spacial score (nSPS) is 10.2. The lowest BCUT2D eigenvalue weighted by atomic mass is 10.3. The minimum absolute atomic E-state index is 0.653. The zero-order valence-corrected chi connectivity index (χ0v) is 7.76. The molecule has 0 unspecified atom stereocenters. The van der Waals surface area contributed by atoms with Crippen LogP contribution in [0.2, 0.25) is 0 Å². The molecule has 3 nitrogen and oxygen atoms in total. The SMILES string of the molecule is CCCCNc1nc(CC)co1. The van der Waals surface area contributed by atoms with E-state index < -0.39 is 0 Å². The Kier molecular flexibility index (Phi) is 3.64. The van der Waals surface area contributed by atoms with Crippen LogP contribution >= 0.6 is 0 Å². The number of oxazole rings is 1. The number of hydrogen-bond donors (Lipinski definition) is 1. The fourth-order valence-corrected chi connectivity index (χ4v) is 0.923. The van der Waals surface area contributed by atoms with Crippen LogP contribution in [-0.4, -0.2) is 11.5 Å². The van der Waals surface area contributed by atoms with E-state index >= 15 is 0 Å². The van der Waals surface area contributed by atoms with Crippen molar-refractivity contribution >= 4 is 6.01 Å². The van der Waals surface area contributed by atoms with Crippen molar-refractivity contribution in [3.8, 4) is 0 Å². The maximum atomic E-state index is 5.18. The molecule has 0 spiro atoms. The Morgan fingerprint density at radius 3 is 2.92 bits per heavy atom. The molecule has 3 heteroatoms. The van der Waals surface area contributed by atoms with Gasteiger partial charge in [0.2, 0.25) is 0 Å². The minimum Gasteiger partial charge on any atom is -0.432 e. The Morgan fingerprint density at radius 1 is 1.50 bits per heavy atom. The highest BCUT2D eigenvalue weighted by Gasteiger charge is 1.99. The van der Waals surface area contributed by atoms with Gasteiger partial charge in [0, 0.05) is 6.54 Å². The molecule has 0 aliphatic carbocycles. The van der Waals surface area contributed by atoms with Crippen molar-refractivity contribution in [1.29, 1.82) is 0 Å². The van der Waals surface area contributed by atoms with Crippen molar-refractivity contribution in [1.82, 2.24) is 4.98 Å². The summed E-state index contributed by atoms with van der Waals surface area (Å²) in [5, 5.41) is 3.12. The van der Waals surface area contributed by atoms with Crippen LogP contribution in [0.5, 0.6) is 0 Å². The number of anilines is 1. The summed E-state index contributed by atoms with van der Waals surface area (Å²) in [6.07, 6.45) is 4.98. The monoisotopic (exact) mass is 168 g/mol. The summed E-state index contributed by atoms with van der Waals surface area (Å²) >= 11 is 0. The molecule has 0 aliphatic rings. The van der Waals surface area contributed by atoms with Gasteiger partial charge in [0.05, 0.1) is 5.69 Å². The van der Waals surface area contributed by atoms with Crippen LogP contribution < -0.4 is 5.32 Å². The molecule has 0 aliphatic heterocycles. The second kappa shape index (κ2) is 4.80. The van der Waals surface area contributed by atoms with Crippen LogP contribution in [0.15, 0.2) is 10.7 Å². The molecule has 1 N–H and O–H groups in total. The second-order valence-corrected chi connectivity index (χ2v) is 2.78. The van der Waals surface area contributed by atoms with Gasteiger partial charge in [-0.15, -0.1) is 0 Å². The van der Waals surface area contributed by atoms with E-state index in [1.54, 1.807) is 6.26 Å². The van der Waals surface area contributed by atoms with Crippen molar-refractivity contribution in [3.05, 3.63) is 12.0 Å². The predicted octanol–water partition coefficient (Wildman–Crippen LogP) is 2.45. The fraction of sp³-hybridized carbons (Fsp3) is 0.667. The maximum Gasteiger partial charge on any atom is 0.294 e. The highest BCUT2D eigenvalue weighted by atomic mass is 16.4. The van der Waals surface area contributed by atoms with E-state index in [0.29, 0.717) is 6.01 Å². The summed E-state index contributed by atoms with van der Waals surface area (Å²) in [7, 11) is 0. The summed E-state index contributed by atoms with van der Waals surface area (Å²) in [4.78, 5) is 4.22. The summed E-state index contributed by atoms with van der Waals surface area (Å²) in [5.74, 6) is 0. The first-order valence-electron chi connectivity index (χ1n) is 4.55. The van der Waals surface area contributed by atoms with Crippen molar-refractivity contribution in [2.45, 2.75) is 33.1 Å². The van der Waals surface area contributed by atoms with Gasteiger partial charge < -0.3 is 9.73 Å². The Labute approximate surface area is 73.2 Å². The number of nitrogens with one attached hydrogen (secondary N) is 1. The van der Waals surface area contributed by atoms with E-state index in [2.05, 4.69) is 24.1 Å². The number of hydrogen-bond acceptors (Lipinski definition) is 3. The van der Waals surface area contributed by atoms with Gasteiger partial charge in [-0.05, 0) is 12.8 Å². The van der Waals surface area contributed by atoms with Gasteiger partial charge in [-0.25, -0.2) is 0 Å². The lowest BCUT2D eigenvalue weighted by Crippen LogP contribution is -2.00. The molecule has 68 valence electrons. The molecule has 1 aromatic rings. The Bertz CT molecular complexity index is 220. The summed E-state index contributed by atoms with van der Waals surface area (Å²) in [5.41, 5.74) is 1.01. The van der Waals surface area contributed by atoms with Gasteiger partial charge in [0.15, 0.2) is 0 Å². The van der Waals surface area contributed by atoms with Gasteiger partial charge in [-0.1, -0.05) is 20.3 Å². The fourth-order valence-electron chi connectivity index (χ4n) is 0.923. The third-order valence-corrected chi connectivity index (χ3v) is 1.72. The van der Waals surface area contributed by atoms with Crippen LogP contribution in [-0.2, 0) is 6.42 Å². The number of rotatable bonds is 5. The minimum atomic E-state index is 0.653. The summed E-state index contributed by atoms with van der Waals surface area (Å²) < 4.78 is 5.18. The van der Waals surface area contributed by atoms with E-state index in [-0.39, 0.29) is 0 Å². The summed E-state index contributed by atoms with van der Waals surface area (Å²) in [6, 6.07) is 0.653. The largest absolute Gasteiger partial charge is 0.432 e. The molecule has 0 aromatic carbocycles. The lowest BCUT2D eigenvalue weighted by molar-refractivity contribution is 0.567. The third kappa shape index (κ3) is 2.57. The molecule has 1 aromatic heterocycles. The van der Waals surface area contributed by atoms with Crippen LogP contribution in [0.3, 0.4) is 0 Å². The maximum absolute atomic E-state index is 5.18. The lowest BCUT2D eigenvalue weighted by Gasteiger charge is -1.97. The van der Waals surface area contributed by atoms with Crippen molar-refractivity contribution in [2.75, 3.05) is 11.9 Å². The Hall–Kier alpha value is -0.990. The molecule has 12 heavy (non-hydrogen) atoms. The standard InChI is InChI=1S/C9H16N2O/c1-3-5-6-10-9-11-8(4-2)7-12-9/h7H,3-6H2,1-2H3,(H,10,11). The van der Waals surface area contributed by atoms with Crippen molar-refractivity contribution in [3.63, 3.8) is 0 Å². The molecule has 0 saturated heterocycles. The van der Waals surface area contributed by atoms with E-state index in [1.165, 1.54) is 6.42 Å². The average Bonchev–Trinajstić information content (AvgIpc) is 2.53. The van der Waals surface area contributed by atoms with Gasteiger partial charge in [-0.3, -0.25) is 0 Å². The first-order valence-corrected chi connectivity index (χ1v) is 4.55. The van der Waals surface area contributed by atoms with E-state index in [4.69, 9.17) is 4.42 Å². The highest BCUT2D eigenvalue weighted by Crippen LogP contribution is 2.07. The molecular weight excluding hydrogens is 152 g/mol. The molecule has 0 radical (unpaired) electrons. The molecule has 0 saturated carbocycles. The van der Waals surface area contributed by atoms with Crippen LogP contribution in [0.1, 0.15) is 32.4 Å². The van der Waals surface area contributed by atoms with Crippen LogP contribution in [0.25, 0.3) is 0 Å². The first-order chi connectivity index (χ1) is 5.86. The highest BCUT2D eigenvalue weighted by molar-refractivity contribution is 5.20. The first kappa shape index (κ1) is 9.10. The molecule has 0 fully saturated rings. The molecule has 0 amide bonds. The van der Waals surface area contributed by atoms with Gasteiger partial charge in [-0.2, -0.15) is 4.98 Å². The number of nitrogens with zero attached hydrogens (tertiary/aromatic N) is 1. The predicted molar refractivity (Wildman–Crippen MR) is 49.3 cm³/mol. The molecule has 1 rings (SSSR count). The van der Waals surface area contributed by atoms with E-state index in [0.717, 1.165) is 25.1 Å². The van der Waals surface area contributed by atoms with Crippen LogP contribution in [0, 0.1) is 0 Å². The van der Waals surface area contributed by atoms with E-state index in [9.17, 15) is 0 Å². The molecule has 1 heterocycles. The number of aromatic nitrogens is 1. The second-order valence-electron chi connectivity index (χ2n) is 2.78. The van der Waals surface area contributed by atoms with Gasteiger partial charge in [0.25, 0.3) is 6.01 Å². The van der Waals surface area contributed by atoms with Gasteiger partial charge >= 0.3 is 0 Å². The van der Waals surface area contributed by atoms with Gasteiger partial charge in [0.1, 0.15) is 6.26 Å². The Balaban J connectivity index is 2.31. The molecular formula is C9H16N2O. The van der Waals surface area contributed by atoms with E-state index in [1.807, 2.05) is 0 Å². The third-order valence-electron chi connectivity index (χ3n) is 1.72. The number of aryl methyl sites for hydroxylation is 1. The summed E-state index contributed by atoms with van der Waals surface area (Å²) in [6.45, 7) is 5.17. The van der Waals surface area contributed by atoms with Crippen LogP contribution in [0.4, 0.5) is 6.01 Å². The van der Waals surface area contributed by atoms with Crippen molar-refractivity contribution in [2.24, 2.45) is 0 Å². The number of unbranched alkanes of at least 4 members (excludes halogenated alkanes) is 1. The molecule has 0 atom stereocenters. The zero-order valence-electron chi connectivity index (χ0n) is 7.76. The zero-order chi connectivity index (χ0) is 8.81. The molecule has 0 bridgehead atoms. The van der Waals surface area contributed by atoms with Crippen molar-refractivity contribution < 1.29 is 4.42 Å². The topological polar surface area (TPSA) is 38.1 Å². The Morgan fingerprint density at radius 2 is 2.33 bits per heavy atom. The smallest absolute Gasteiger partial charge is 0.294 e. The quantitative estimate of drug-likeness (QED) is 0.686.